The molecule has 17 heavy (non-hydrogen) atoms. The molecule has 2 atom stereocenters. The van der Waals surface area contributed by atoms with E-state index in [9.17, 15) is 0 Å². The molecule has 1 fully saturated rings. The molecule has 1 aliphatic rings. The van der Waals surface area contributed by atoms with Crippen LogP contribution >= 0.6 is 34.2 Å². The number of rotatable bonds is 2. The quantitative estimate of drug-likeness (QED) is 0.808. The smallest absolute Gasteiger partial charge is 0.0650 e. The molecule has 1 N–H and O–H groups in total. The maximum atomic E-state index is 6.34. The highest BCUT2D eigenvalue weighted by Crippen LogP contribution is 2.32. The fraction of sp³-hybridized carbons (Fsp3) is 0.538. The maximum absolute atomic E-state index is 6.34. The Morgan fingerprint density at radius 1 is 1.47 bits per heavy atom. The van der Waals surface area contributed by atoms with Gasteiger partial charge in [-0.05, 0) is 67.6 Å². The molecule has 0 amide bonds. The molecule has 0 bridgehead atoms. The number of hydrogen-bond donors (Lipinski definition) is 1. The van der Waals surface area contributed by atoms with Crippen LogP contribution in [0.3, 0.4) is 0 Å². The number of halogens is 2. The van der Waals surface area contributed by atoms with Gasteiger partial charge in [-0.15, -0.1) is 0 Å². The van der Waals surface area contributed by atoms with Crippen LogP contribution in [0.4, 0.5) is 5.69 Å². The number of piperidine rings is 1. The minimum Gasteiger partial charge on any atom is -0.368 e. The third-order valence-corrected chi connectivity index (χ3v) is 4.48. The molecule has 0 saturated carbocycles. The molecule has 0 spiro atoms. The van der Waals surface area contributed by atoms with Crippen molar-refractivity contribution in [1.82, 2.24) is 5.32 Å². The summed E-state index contributed by atoms with van der Waals surface area (Å²) in [6.07, 6.45) is 2.36. The number of nitrogens with one attached hydrogen (secondary N) is 1. The average molecular weight is 365 g/mol. The number of benzene rings is 1. The van der Waals surface area contributed by atoms with Crippen molar-refractivity contribution in [3.63, 3.8) is 0 Å². The van der Waals surface area contributed by atoms with Gasteiger partial charge in [0, 0.05) is 22.2 Å². The van der Waals surface area contributed by atoms with Gasteiger partial charge in [0.1, 0.15) is 0 Å². The highest BCUT2D eigenvalue weighted by Gasteiger charge is 2.25. The monoisotopic (exact) mass is 364 g/mol. The highest BCUT2D eigenvalue weighted by molar-refractivity contribution is 14.1. The van der Waals surface area contributed by atoms with Crippen LogP contribution in [0.25, 0.3) is 0 Å². The van der Waals surface area contributed by atoms with E-state index in [0.29, 0.717) is 12.1 Å². The van der Waals surface area contributed by atoms with Crippen LogP contribution in [0, 0.1) is 3.57 Å². The van der Waals surface area contributed by atoms with Gasteiger partial charge in [-0.25, -0.2) is 0 Å². The van der Waals surface area contributed by atoms with Crippen molar-refractivity contribution in [2.24, 2.45) is 0 Å². The predicted molar refractivity (Wildman–Crippen MR) is 83.1 cm³/mol. The van der Waals surface area contributed by atoms with Crippen LogP contribution in [0.15, 0.2) is 18.2 Å². The SMILES string of the molecule is CNC1CCN(c2ccc(I)cc2Cl)C(C)C1. The highest BCUT2D eigenvalue weighted by atomic mass is 127. The van der Waals surface area contributed by atoms with Crippen LogP contribution in [0.5, 0.6) is 0 Å². The lowest BCUT2D eigenvalue weighted by atomic mass is 9.98. The first-order valence-electron chi connectivity index (χ1n) is 6.00. The van der Waals surface area contributed by atoms with E-state index in [0.717, 1.165) is 11.6 Å². The van der Waals surface area contributed by atoms with Gasteiger partial charge in [0.2, 0.25) is 0 Å². The maximum Gasteiger partial charge on any atom is 0.0650 e. The fourth-order valence-corrected chi connectivity index (χ4v) is 3.47. The van der Waals surface area contributed by atoms with E-state index >= 15 is 0 Å². The van der Waals surface area contributed by atoms with E-state index in [1.165, 1.54) is 22.1 Å². The summed E-state index contributed by atoms with van der Waals surface area (Å²) in [6.45, 7) is 3.35. The van der Waals surface area contributed by atoms with Crippen LogP contribution in [-0.4, -0.2) is 25.7 Å². The third kappa shape index (κ3) is 3.06. The van der Waals surface area contributed by atoms with Crippen molar-refractivity contribution in [2.75, 3.05) is 18.5 Å². The summed E-state index contributed by atoms with van der Waals surface area (Å²) in [5.74, 6) is 0. The van der Waals surface area contributed by atoms with Crippen molar-refractivity contribution >= 4 is 39.9 Å². The Bertz CT molecular complexity index is 397. The van der Waals surface area contributed by atoms with E-state index < -0.39 is 0 Å². The van der Waals surface area contributed by atoms with E-state index in [-0.39, 0.29) is 0 Å². The Labute approximate surface area is 122 Å². The second kappa shape index (κ2) is 5.76. The van der Waals surface area contributed by atoms with Crippen molar-refractivity contribution in [3.8, 4) is 0 Å². The van der Waals surface area contributed by atoms with Crippen LogP contribution < -0.4 is 10.2 Å². The van der Waals surface area contributed by atoms with Gasteiger partial charge in [0.25, 0.3) is 0 Å². The van der Waals surface area contributed by atoms with Gasteiger partial charge in [0.05, 0.1) is 10.7 Å². The zero-order valence-corrected chi connectivity index (χ0v) is 13.1. The summed E-state index contributed by atoms with van der Waals surface area (Å²) < 4.78 is 1.19. The van der Waals surface area contributed by atoms with Gasteiger partial charge >= 0.3 is 0 Å². The summed E-state index contributed by atoms with van der Waals surface area (Å²) in [6, 6.07) is 7.48. The number of nitrogens with zero attached hydrogens (tertiary/aromatic N) is 1. The van der Waals surface area contributed by atoms with Gasteiger partial charge in [-0.2, -0.15) is 0 Å². The van der Waals surface area contributed by atoms with E-state index in [1.807, 2.05) is 13.1 Å². The lowest BCUT2D eigenvalue weighted by Gasteiger charge is -2.39. The van der Waals surface area contributed by atoms with Gasteiger partial charge in [0.15, 0.2) is 0 Å². The molecule has 2 rings (SSSR count). The average Bonchev–Trinajstić information content (AvgIpc) is 2.30. The van der Waals surface area contributed by atoms with Crippen molar-refractivity contribution in [3.05, 3.63) is 26.8 Å². The standard InChI is InChI=1S/C13H18ClIN2/c1-9-7-11(16-2)5-6-17(9)13-4-3-10(15)8-12(13)14/h3-4,8-9,11,16H,5-7H2,1-2H3. The summed E-state index contributed by atoms with van der Waals surface area (Å²) in [7, 11) is 2.05. The topological polar surface area (TPSA) is 15.3 Å². The molecule has 1 aliphatic heterocycles. The Morgan fingerprint density at radius 2 is 2.24 bits per heavy atom. The number of hydrogen-bond acceptors (Lipinski definition) is 2. The van der Waals surface area contributed by atoms with Crippen molar-refractivity contribution < 1.29 is 0 Å². The molecule has 1 saturated heterocycles. The molecule has 2 unspecified atom stereocenters. The fourth-order valence-electron chi connectivity index (χ4n) is 2.51. The predicted octanol–water partition coefficient (Wildman–Crippen LogP) is 3.52. The molecule has 0 aliphatic carbocycles. The van der Waals surface area contributed by atoms with E-state index in [1.54, 1.807) is 0 Å². The first-order valence-corrected chi connectivity index (χ1v) is 7.46. The summed E-state index contributed by atoms with van der Waals surface area (Å²) >= 11 is 8.63. The van der Waals surface area contributed by atoms with Crippen molar-refractivity contribution in [1.29, 1.82) is 0 Å². The molecule has 0 aromatic heterocycles. The summed E-state index contributed by atoms with van der Waals surface area (Å²) in [5.41, 5.74) is 1.18. The Kier molecular flexibility index (Phi) is 4.55. The first kappa shape index (κ1) is 13.4. The molecule has 94 valence electrons. The van der Waals surface area contributed by atoms with E-state index in [2.05, 4.69) is 51.9 Å². The first-order chi connectivity index (χ1) is 8.11. The van der Waals surface area contributed by atoms with Gasteiger partial charge in [-0.1, -0.05) is 11.6 Å². The molecule has 1 aromatic rings. The van der Waals surface area contributed by atoms with Crippen molar-refractivity contribution in [2.45, 2.75) is 31.8 Å². The summed E-state index contributed by atoms with van der Waals surface area (Å²) in [4.78, 5) is 2.42. The Morgan fingerprint density at radius 3 is 2.82 bits per heavy atom. The molecule has 0 radical (unpaired) electrons. The van der Waals surface area contributed by atoms with Gasteiger partial charge in [-0.3, -0.25) is 0 Å². The summed E-state index contributed by atoms with van der Waals surface area (Å²) in [5, 5.41) is 4.24. The van der Waals surface area contributed by atoms with Crippen LogP contribution in [0.1, 0.15) is 19.8 Å². The lowest BCUT2D eigenvalue weighted by Crippen LogP contribution is -2.46. The molecule has 1 heterocycles. The third-order valence-electron chi connectivity index (χ3n) is 3.50. The molecular formula is C13H18ClIN2. The van der Waals surface area contributed by atoms with E-state index in [4.69, 9.17) is 11.6 Å². The zero-order valence-electron chi connectivity index (χ0n) is 10.2. The lowest BCUT2D eigenvalue weighted by molar-refractivity contribution is 0.387. The van der Waals surface area contributed by atoms with Crippen LogP contribution in [-0.2, 0) is 0 Å². The normalized spacial score (nSPS) is 25.1. The van der Waals surface area contributed by atoms with Gasteiger partial charge < -0.3 is 10.2 Å². The molecule has 2 nitrogen and oxygen atoms in total. The molecule has 4 heteroatoms. The number of anilines is 1. The Balaban J connectivity index is 2.17. The minimum atomic E-state index is 0.541. The Hall–Kier alpha value is -0.0000000000000000555. The molecule has 1 aromatic carbocycles. The largest absolute Gasteiger partial charge is 0.368 e. The zero-order chi connectivity index (χ0) is 12.4. The minimum absolute atomic E-state index is 0.541. The van der Waals surface area contributed by atoms with Crippen LogP contribution in [0.2, 0.25) is 5.02 Å². The molecular weight excluding hydrogens is 347 g/mol. The second-order valence-electron chi connectivity index (χ2n) is 4.65. The second-order valence-corrected chi connectivity index (χ2v) is 6.30.